The topological polar surface area (TPSA) is 20.2 Å². The lowest BCUT2D eigenvalue weighted by Crippen LogP contribution is -2.49. The van der Waals surface area contributed by atoms with Crippen LogP contribution in [0.5, 0.6) is 5.75 Å². The Bertz CT molecular complexity index is 288. The van der Waals surface area contributed by atoms with Crippen molar-refractivity contribution in [2.75, 3.05) is 19.6 Å². The van der Waals surface area contributed by atoms with Gasteiger partial charge >= 0.3 is 0 Å². The number of rotatable bonds is 5. The van der Waals surface area contributed by atoms with Crippen molar-refractivity contribution in [1.82, 2.24) is 4.48 Å². The summed E-state index contributed by atoms with van der Waals surface area (Å²) in [4.78, 5) is 0. The van der Waals surface area contributed by atoms with Crippen molar-refractivity contribution in [3.05, 3.63) is 24.3 Å². The first-order valence-corrected chi connectivity index (χ1v) is 5.84. The first kappa shape index (κ1) is 12.1. The monoisotopic (exact) mass is 208 g/mol. The molecule has 15 heavy (non-hydrogen) atoms. The summed E-state index contributed by atoms with van der Waals surface area (Å²) in [5, 5.41) is 9.29. The normalized spacial score (nSPS) is 11.7. The highest BCUT2D eigenvalue weighted by Crippen LogP contribution is 2.25. The van der Waals surface area contributed by atoms with Crippen molar-refractivity contribution < 1.29 is 5.11 Å². The van der Waals surface area contributed by atoms with Gasteiger partial charge in [-0.25, -0.2) is 0 Å². The molecule has 1 rings (SSSR count). The van der Waals surface area contributed by atoms with Gasteiger partial charge in [-0.05, 0) is 32.4 Å². The molecule has 0 unspecified atom stereocenters. The predicted molar refractivity (Wildman–Crippen MR) is 66.1 cm³/mol. The van der Waals surface area contributed by atoms with Crippen molar-refractivity contribution >= 4 is 5.69 Å². The summed E-state index contributed by atoms with van der Waals surface area (Å²) >= 11 is 0. The summed E-state index contributed by atoms with van der Waals surface area (Å²) in [5.41, 5.74) is 1.31. The van der Waals surface area contributed by atoms with Crippen LogP contribution in [0.3, 0.4) is 0 Å². The first-order valence-electron chi connectivity index (χ1n) is 5.84. The molecule has 0 aliphatic rings. The highest BCUT2D eigenvalue weighted by Gasteiger charge is 2.24. The summed E-state index contributed by atoms with van der Waals surface area (Å²) < 4.78 is 1.01. The molecule has 0 bridgehead atoms. The molecule has 2 heteroatoms. The number of phenols is 1. The number of aromatic hydroxyl groups is 1. The zero-order valence-electron chi connectivity index (χ0n) is 10.0. The molecule has 0 heterocycles. The van der Waals surface area contributed by atoms with E-state index in [1.165, 1.54) is 12.1 Å². The predicted octanol–water partition coefficient (Wildman–Crippen LogP) is 3.15. The van der Waals surface area contributed by atoms with Gasteiger partial charge in [-0.15, -0.1) is 0 Å². The molecule has 0 fully saturated rings. The number of nitrogens with zero attached hydrogens (tertiary/aromatic N) is 1. The van der Waals surface area contributed by atoms with Crippen molar-refractivity contribution in [3.63, 3.8) is 0 Å². The standard InChI is InChI=1S/C13H21NO/c1-4-11-14(5-2,6-3)12-7-9-13(15)10-8-12/h7-10H,4-6,11H2,1-3H3/p+1. The quantitative estimate of drug-likeness (QED) is 0.737. The Morgan fingerprint density at radius 2 is 1.53 bits per heavy atom. The zero-order valence-corrected chi connectivity index (χ0v) is 10.0. The maximum absolute atomic E-state index is 9.29. The van der Waals surface area contributed by atoms with Gasteiger partial charge in [0.2, 0.25) is 0 Å². The molecular formula is C13H22NO+. The fourth-order valence-electron chi connectivity index (χ4n) is 2.23. The lowest BCUT2D eigenvalue weighted by molar-refractivity contribution is 0.300. The fraction of sp³-hybridized carbons (Fsp3) is 0.538. The van der Waals surface area contributed by atoms with Crippen molar-refractivity contribution in [3.8, 4) is 5.75 Å². The molecule has 2 nitrogen and oxygen atoms in total. The average molecular weight is 208 g/mol. The molecule has 0 spiro atoms. The Balaban J connectivity index is 3.02. The largest absolute Gasteiger partial charge is 0.508 e. The van der Waals surface area contributed by atoms with Crippen LogP contribution in [0.4, 0.5) is 5.69 Å². The van der Waals surface area contributed by atoms with Gasteiger partial charge in [-0.2, -0.15) is 0 Å². The van der Waals surface area contributed by atoms with Gasteiger partial charge < -0.3 is 5.11 Å². The second-order valence-corrected chi connectivity index (χ2v) is 4.02. The van der Waals surface area contributed by atoms with Gasteiger partial charge in [0, 0.05) is 12.1 Å². The number of hydrogen-bond acceptors (Lipinski definition) is 1. The second kappa shape index (κ2) is 5.17. The Hall–Kier alpha value is -1.02. The van der Waals surface area contributed by atoms with E-state index in [1.54, 1.807) is 12.1 Å². The number of quaternary nitrogens is 1. The highest BCUT2D eigenvalue weighted by atomic mass is 16.3. The first-order chi connectivity index (χ1) is 7.18. The van der Waals surface area contributed by atoms with Gasteiger partial charge in [-0.1, -0.05) is 6.92 Å². The summed E-state index contributed by atoms with van der Waals surface area (Å²) in [6.45, 7) is 10.1. The van der Waals surface area contributed by atoms with Gasteiger partial charge in [-0.3, -0.25) is 4.48 Å². The van der Waals surface area contributed by atoms with Crippen LogP contribution in [-0.2, 0) is 0 Å². The average Bonchev–Trinajstić information content (AvgIpc) is 2.27. The Kier molecular flexibility index (Phi) is 4.15. The SMILES string of the molecule is CCC[N+](CC)(CC)c1ccc(O)cc1. The zero-order chi connectivity index (χ0) is 11.3. The minimum absolute atomic E-state index is 0.348. The fourth-order valence-corrected chi connectivity index (χ4v) is 2.23. The smallest absolute Gasteiger partial charge is 0.133 e. The van der Waals surface area contributed by atoms with Crippen molar-refractivity contribution in [2.45, 2.75) is 27.2 Å². The molecule has 84 valence electrons. The summed E-state index contributed by atoms with van der Waals surface area (Å²) in [6, 6.07) is 7.64. The molecule has 0 radical (unpaired) electrons. The summed E-state index contributed by atoms with van der Waals surface area (Å²) in [5.74, 6) is 0.348. The van der Waals surface area contributed by atoms with E-state index in [1.807, 2.05) is 12.1 Å². The molecule has 0 amide bonds. The van der Waals surface area contributed by atoms with Crippen LogP contribution in [0, 0.1) is 0 Å². The van der Waals surface area contributed by atoms with E-state index < -0.39 is 0 Å². The number of phenolic OH excluding ortho intramolecular Hbond substituents is 1. The Morgan fingerprint density at radius 1 is 1.00 bits per heavy atom. The van der Waals surface area contributed by atoms with Gasteiger partial charge in [0.15, 0.2) is 0 Å². The molecule has 0 aliphatic heterocycles. The maximum atomic E-state index is 9.29. The highest BCUT2D eigenvalue weighted by molar-refractivity contribution is 5.45. The van der Waals surface area contributed by atoms with E-state index in [0.717, 1.165) is 24.1 Å². The van der Waals surface area contributed by atoms with Crippen LogP contribution in [-0.4, -0.2) is 24.7 Å². The van der Waals surface area contributed by atoms with Crippen LogP contribution < -0.4 is 4.48 Å². The molecule has 0 atom stereocenters. The van der Waals surface area contributed by atoms with E-state index in [2.05, 4.69) is 20.8 Å². The molecule has 0 aromatic heterocycles. The third-order valence-corrected chi connectivity index (χ3v) is 3.26. The third kappa shape index (κ3) is 2.51. The third-order valence-electron chi connectivity index (χ3n) is 3.26. The molecule has 1 N–H and O–H groups in total. The Labute approximate surface area is 92.8 Å². The van der Waals surface area contributed by atoms with E-state index in [4.69, 9.17) is 0 Å². The van der Waals surface area contributed by atoms with Crippen molar-refractivity contribution in [2.24, 2.45) is 0 Å². The Morgan fingerprint density at radius 3 is 1.93 bits per heavy atom. The molecule has 1 aromatic carbocycles. The van der Waals surface area contributed by atoms with Crippen LogP contribution in [0.25, 0.3) is 0 Å². The van der Waals surface area contributed by atoms with E-state index in [0.29, 0.717) is 5.75 Å². The minimum atomic E-state index is 0.348. The van der Waals surface area contributed by atoms with Crippen LogP contribution >= 0.6 is 0 Å². The lowest BCUT2D eigenvalue weighted by Gasteiger charge is -2.36. The summed E-state index contributed by atoms with van der Waals surface area (Å²) in [6.07, 6.45) is 1.18. The molecular weight excluding hydrogens is 186 g/mol. The summed E-state index contributed by atoms with van der Waals surface area (Å²) in [7, 11) is 0. The minimum Gasteiger partial charge on any atom is -0.508 e. The van der Waals surface area contributed by atoms with Crippen LogP contribution in [0.15, 0.2) is 24.3 Å². The van der Waals surface area contributed by atoms with E-state index >= 15 is 0 Å². The molecule has 0 aliphatic carbocycles. The van der Waals surface area contributed by atoms with Crippen LogP contribution in [0.1, 0.15) is 27.2 Å². The molecule has 0 saturated heterocycles. The van der Waals surface area contributed by atoms with E-state index in [9.17, 15) is 5.11 Å². The maximum Gasteiger partial charge on any atom is 0.133 e. The molecule has 1 aromatic rings. The molecule has 0 saturated carbocycles. The van der Waals surface area contributed by atoms with Gasteiger partial charge in [0.25, 0.3) is 0 Å². The lowest BCUT2D eigenvalue weighted by atomic mass is 10.2. The van der Waals surface area contributed by atoms with Crippen LogP contribution in [0.2, 0.25) is 0 Å². The van der Waals surface area contributed by atoms with Gasteiger partial charge in [0.1, 0.15) is 11.4 Å². The second-order valence-electron chi connectivity index (χ2n) is 4.02. The van der Waals surface area contributed by atoms with E-state index in [-0.39, 0.29) is 0 Å². The van der Waals surface area contributed by atoms with Gasteiger partial charge in [0.05, 0.1) is 19.6 Å². The van der Waals surface area contributed by atoms with Crippen molar-refractivity contribution in [1.29, 1.82) is 0 Å². The number of benzene rings is 1. The number of hydrogen-bond donors (Lipinski definition) is 1.